The van der Waals surface area contributed by atoms with Gasteiger partial charge in [0.15, 0.2) is 0 Å². The molecule has 27 heavy (non-hydrogen) atoms. The number of carbonyl (C=O) groups is 1. The van der Waals surface area contributed by atoms with E-state index in [4.69, 9.17) is 4.74 Å². The topological polar surface area (TPSA) is 77.4 Å². The van der Waals surface area contributed by atoms with Crippen molar-refractivity contribution in [1.82, 2.24) is 3.97 Å². The van der Waals surface area contributed by atoms with Gasteiger partial charge in [0.2, 0.25) is 0 Å². The predicted octanol–water partition coefficient (Wildman–Crippen LogP) is 4.53. The first-order valence-electron chi connectivity index (χ1n) is 8.51. The van der Waals surface area contributed by atoms with Gasteiger partial charge in [0, 0.05) is 5.39 Å². The summed E-state index contributed by atoms with van der Waals surface area (Å²) in [6.07, 6.45) is -0.717. The molecule has 0 radical (unpaired) electrons. The number of aryl methyl sites for hydroxylation is 1. The molecular formula is C20H22N2O4S. The summed E-state index contributed by atoms with van der Waals surface area (Å²) in [6.45, 7) is 7.11. The summed E-state index contributed by atoms with van der Waals surface area (Å²) in [5, 5.41) is 3.26. The van der Waals surface area contributed by atoms with Gasteiger partial charge in [-0.1, -0.05) is 35.9 Å². The molecule has 0 unspecified atom stereocenters. The van der Waals surface area contributed by atoms with Crippen molar-refractivity contribution in [2.75, 3.05) is 5.32 Å². The van der Waals surface area contributed by atoms with Crippen LogP contribution in [0, 0.1) is 6.92 Å². The molecule has 0 saturated carbocycles. The van der Waals surface area contributed by atoms with Crippen LogP contribution < -0.4 is 5.32 Å². The molecule has 0 bridgehead atoms. The second-order valence-electron chi connectivity index (χ2n) is 7.30. The number of ether oxygens (including phenoxy) is 1. The van der Waals surface area contributed by atoms with Gasteiger partial charge < -0.3 is 4.74 Å². The fourth-order valence-electron chi connectivity index (χ4n) is 2.70. The molecule has 1 amide bonds. The molecule has 3 aromatic rings. The first-order valence-corrected chi connectivity index (χ1v) is 9.95. The zero-order chi connectivity index (χ0) is 19.8. The molecule has 7 heteroatoms. The Balaban J connectivity index is 2.13. The van der Waals surface area contributed by atoms with Gasteiger partial charge in [-0.15, -0.1) is 0 Å². The van der Waals surface area contributed by atoms with E-state index in [0.29, 0.717) is 10.9 Å². The van der Waals surface area contributed by atoms with Crippen molar-refractivity contribution in [1.29, 1.82) is 0 Å². The Bertz CT molecular complexity index is 1090. The molecule has 1 aromatic heterocycles. The van der Waals surface area contributed by atoms with Crippen molar-refractivity contribution in [3.63, 3.8) is 0 Å². The highest BCUT2D eigenvalue weighted by atomic mass is 32.2. The number of benzene rings is 2. The van der Waals surface area contributed by atoms with Crippen molar-refractivity contribution in [2.45, 2.75) is 38.2 Å². The van der Waals surface area contributed by atoms with Crippen LogP contribution in [0.4, 0.5) is 10.6 Å². The van der Waals surface area contributed by atoms with E-state index in [0.717, 1.165) is 9.54 Å². The van der Waals surface area contributed by atoms with Crippen LogP contribution in [0.2, 0.25) is 0 Å². The summed E-state index contributed by atoms with van der Waals surface area (Å²) in [7, 11) is -3.91. The molecule has 3 rings (SSSR count). The first kappa shape index (κ1) is 19.0. The summed E-state index contributed by atoms with van der Waals surface area (Å²) in [6, 6.07) is 15.2. The molecule has 142 valence electrons. The van der Waals surface area contributed by atoms with Gasteiger partial charge in [-0.05, 0) is 52.0 Å². The minimum absolute atomic E-state index is 0.131. The Morgan fingerprint density at radius 3 is 2.30 bits per heavy atom. The summed E-state index contributed by atoms with van der Waals surface area (Å²) in [5.74, 6) is 0.131. The van der Waals surface area contributed by atoms with E-state index in [9.17, 15) is 13.2 Å². The van der Waals surface area contributed by atoms with Crippen molar-refractivity contribution in [2.24, 2.45) is 0 Å². The Morgan fingerprint density at radius 1 is 1.04 bits per heavy atom. The number of fused-ring (bicyclic) bond motifs is 1. The molecule has 0 aliphatic rings. The first-order chi connectivity index (χ1) is 12.6. The Morgan fingerprint density at radius 2 is 1.67 bits per heavy atom. The van der Waals surface area contributed by atoms with Crippen molar-refractivity contribution >= 4 is 32.8 Å². The zero-order valence-electron chi connectivity index (χ0n) is 15.7. The molecule has 1 heterocycles. The summed E-state index contributed by atoms with van der Waals surface area (Å²) >= 11 is 0. The number of para-hydroxylation sites is 1. The molecule has 6 nitrogen and oxygen atoms in total. The van der Waals surface area contributed by atoms with Crippen molar-refractivity contribution < 1.29 is 17.9 Å². The molecule has 0 spiro atoms. The van der Waals surface area contributed by atoms with E-state index < -0.39 is 21.7 Å². The van der Waals surface area contributed by atoms with E-state index in [-0.39, 0.29) is 10.7 Å². The lowest BCUT2D eigenvalue weighted by atomic mass is 10.2. The van der Waals surface area contributed by atoms with Gasteiger partial charge in [-0.2, -0.15) is 0 Å². The fourth-order valence-corrected chi connectivity index (χ4v) is 4.17. The third-order valence-corrected chi connectivity index (χ3v) is 5.60. The molecule has 0 aliphatic carbocycles. The molecule has 0 atom stereocenters. The summed E-state index contributed by atoms with van der Waals surface area (Å²) in [4.78, 5) is 12.4. The fraction of sp³-hybridized carbons (Fsp3) is 0.250. The van der Waals surface area contributed by atoms with Crippen LogP contribution in [0.25, 0.3) is 10.9 Å². The summed E-state index contributed by atoms with van der Waals surface area (Å²) in [5.41, 5.74) is 0.735. The van der Waals surface area contributed by atoms with E-state index >= 15 is 0 Å². The van der Waals surface area contributed by atoms with Crippen molar-refractivity contribution in [3.8, 4) is 0 Å². The Kier molecular flexibility index (Phi) is 4.73. The predicted molar refractivity (Wildman–Crippen MR) is 106 cm³/mol. The lowest BCUT2D eigenvalue weighted by molar-refractivity contribution is 0.0635. The normalized spacial score (nSPS) is 12.1. The maximum atomic E-state index is 13.3. The number of aromatic nitrogens is 1. The van der Waals surface area contributed by atoms with Gasteiger partial charge in [0.1, 0.15) is 11.4 Å². The second-order valence-corrected chi connectivity index (χ2v) is 9.08. The third-order valence-electron chi connectivity index (χ3n) is 3.85. The third kappa shape index (κ3) is 3.98. The second kappa shape index (κ2) is 6.74. The van der Waals surface area contributed by atoms with E-state index in [1.165, 1.54) is 0 Å². The number of hydrogen-bond donors (Lipinski definition) is 1. The molecule has 2 aromatic carbocycles. The minimum atomic E-state index is -3.91. The SMILES string of the molecule is Cc1ccc(S(=O)(=O)n2c(NC(=O)OC(C)(C)C)cc3ccccc32)cc1. The van der Waals surface area contributed by atoms with E-state index in [2.05, 4.69) is 5.32 Å². The van der Waals surface area contributed by atoms with Gasteiger partial charge in [0.25, 0.3) is 10.0 Å². The highest BCUT2D eigenvalue weighted by molar-refractivity contribution is 7.90. The number of anilines is 1. The molecule has 1 N–H and O–H groups in total. The minimum Gasteiger partial charge on any atom is -0.444 e. The van der Waals surface area contributed by atoms with Gasteiger partial charge in [-0.25, -0.2) is 17.2 Å². The lowest BCUT2D eigenvalue weighted by Crippen LogP contribution is -2.28. The highest BCUT2D eigenvalue weighted by Crippen LogP contribution is 2.29. The molecular weight excluding hydrogens is 364 g/mol. The van der Waals surface area contributed by atoms with Crippen LogP contribution in [0.5, 0.6) is 0 Å². The largest absolute Gasteiger partial charge is 0.444 e. The van der Waals surface area contributed by atoms with Crippen LogP contribution in [-0.2, 0) is 14.8 Å². The van der Waals surface area contributed by atoms with Crippen LogP contribution in [-0.4, -0.2) is 24.1 Å². The maximum Gasteiger partial charge on any atom is 0.413 e. The van der Waals surface area contributed by atoms with Crippen LogP contribution >= 0.6 is 0 Å². The highest BCUT2D eigenvalue weighted by Gasteiger charge is 2.25. The van der Waals surface area contributed by atoms with Gasteiger partial charge >= 0.3 is 6.09 Å². The van der Waals surface area contributed by atoms with Crippen LogP contribution in [0.3, 0.4) is 0 Å². The van der Waals surface area contributed by atoms with Crippen LogP contribution in [0.1, 0.15) is 26.3 Å². The molecule has 0 fully saturated rings. The summed E-state index contributed by atoms with van der Waals surface area (Å²) < 4.78 is 33.0. The molecule has 0 saturated heterocycles. The van der Waals surface area contributed by atoms with Crippen molar-refractivity contribution in [3.05, 3.63) is 60.2 Å². The van der Waals surface area contributed by atoms with Gasteiger partial charge in [-0.3, -0.25) is 5.32 Å². The van der Waals surface area contributed by atoms with Gasteiger partial charge in [0.05, 0.1) is 10.4 Å². The number of carbonyl (C=O) groups excluding carboxylic acids is 1. The Hall–Kier alpha value is -2.80. The average molecular weight is 386 g/mol. The number of amides is 1. The molecule has 0 aliphatic heterocycles. The monoisotopic (exact) mass is 386 g/mol. The number of rotatable bonds is 3. The lowest BCUT2D eigenvalue weighted by Gasteiger charge is -2.20. The Labute approximate surface area is 158 Å². The standard InChI is InChI=1S/C20H22N2O4S/c1-14-9-11-16(12-10-14)27(24,25)22-17-8-6-5-7-15(17)13-18(22)21-19(23)26-20(2,3)4/h5-13H,1-4H3,(H,21,23). The average Bonchev–Trinajstić information content (AvgIpc) is 2.91. The maximum absolute atomic E-state index is 13.3. The zero-order valence-corrected chi connectivity index (χ0v) is 16.5. The number of hydrogen-bond acceptors (Lipinski definition) is 4. The van der Waals surface area contributed by atoms with E-state index in [1.54, 1.807) is 69.3 Å². The smallest absolute Gasteiger partial charge is 0.413 e. The van der Waals surface area contributed by atoms with Crippen LogP contribution in [0.15, 0.2) is 59.5 Å². The number of nitrogens with zero attached hydrogens (tertiary/aromatic N) is 1. The van der Waals surface area contributed by atoms with E-state index in [1.807, 2.05) is 13.0 Å². The number of nitrogens with one attached hydrogen (secondary N) is 1. The quantitative estimate of drug-likeness (QED) is 0.717.